The average Bonchev–Trinajstić information content (AvgIpc) is 2.39. The van der Waals surface area contributed by atoms with E-state index in [9.17, 15) is 4.79 Å². The highest BCUT2D eigenvalue weighted by Gasteiger charge is 2.04. The average molecular weight is 247 g/mol. The third-order valence-electron chi connectivity index (χ3n) is 2.48. The number of rotatable bonds is 2. The molecule has 0 aliphatic carbocycles. The molecule has 0 atom stereocenters. The Morgan fingerprint density at radius 1 is 0.941 bits per heavy atom. The minimum atomic E-state index is -0.326. The van der Waals surface area contributed by atoms with Gasteiger partial charge in [-0.15, -0.1) is 0 Å². The Morgan fingerprint density at radius 3 is 1.88 bits per heavy atom. The summed E-state index contributed by atoms with van der Waals surface area (Å²) in [4.78, 5) is 11.3. The first-order valence-corrected chi connectivity index (χ1v) is 5.53. The van der Waals surface area contributed by atoms with Gasteiger partial charge in [0.1, 0.15) is 0 Å². The molecule has 2 rings (SSSR count). The second-order valence-corrected chi connectivity index (χ2v) is 4.01. The maximum absolute atomic E-state index is 11.3. The minimum Gasteiger partial charge on any atom is -0.465 e. The zero-order chi connectivity index (χ0) is 12.3. The first-order chi connectivity index (χ1) is 8.20. The molecule has 0 spiro atoms. The van der Waals surface area contributed by atoms with Gasteiger partial charge in [0.2, 0.25) is 0 Å². The number of hydrogen-bond acceptors (Lipinski definition) is 2. The monoisotopic (exact) mass is 246 g/mol. The van der Waals surface area contributed by atoms with Gasteiger partial charge in [-0.05, 0) is 35.4 Å². The van der Waals surface area contributed by atoms with Crippen LogP contribution in [0.2, 0.25) is 5.02 Å². The van der Waals surface area contributed by atoms with E-state index in [1.54, 1.807) is 12.1 Å². The van der Waals surface area contributed by atoms with Crippen molar-refractivity contribution in [1.29, 1.82) is 0 Å². The van der Waals surface area contributed by atoms with Crippen molar-refractivity contribution in [3.05, 3.63) is 59.1 Å². The van der Waals surface area contributed by atoms with E-state index in [-0.39, 0.29) is 5.97 Å². The number of methoxy groups -OCH3 is 1. The molecule has 0 heterocycles. The zero-order valence-corrected chi connectivity index (χ0v) is 10.1. The van der Waals surface area contributed by atoms with Crippen LogP contribution in [0.15, 0.2) is 48.5 Å². The maximum Gasteiger partial charge on any atom is 0.337 e. The summed E-state index contributed by atoms with van der Waals surface area (Å²) in [5.41, 5.74) is 2.64. The van der Waals surface area contributed by atoms with Crippen molar-refractivity contribution in [2.24, 2.45) is 0 Å². The normalized spacial score (nSPS) is 10.0. The molecule has 0 bridgehead atoms. The standard InChI is InChI=1S/C14H11ClO2/c1-17-14(16)12-4-2-10(3-5-12)11-6-8-13(15)9-7-11/h2-9H,1H3. The Hall–Kier alpha value is -1.80. The van der Waals surface area contributed by atoms with E-state index in [0.717, 1.165) is 11.1 Å². The van der Waals surface area contributed by atoms with E-state index in [0.29, 0.717) is 10.6 Å². The minimum absolute atomic E-state index is 0.326. The molecule has 0 N–H and O–H groups in total. The van der Waals surface area contributed by atoms with Crippen LogP contribution in [-0.4, -0.2) is 13.1 Å². The van der Waals surface area contributed by atoms with Crippen molar-refractivity contribution >= 4 is 17.6 Å². The first-order valence-electron chi connectivity index (χ1n) is 5.15. The Labute approximate surface area is 105 Å². The lowest BCUT2D eigenvalue weighted by Gasteiger charge is -2.03. The van der Waals surface area contributed by atoms with Crippen LogP contribution in [0.4, 0.5) is 0 Å². The Balaban J connectivity index is 2.29. The highest BCUT2D eigenvalue weighted by Crippen LogP contribution is 2.21. The molecule has 0 radical (unpaired) electrons. The van der Waals surface area contributed by atoms with Gasteiger partial charge < -0.3 is 4.74 Å². The molecule has 0 aliphatic heterocycles. The molecule has 0 aliphatic rings. The summed E-state index contributed by atoms with van der Waals surface area (Å²) in [6.45, 7) is 0. The predicted molar refractivity (Wildman–Crippen MR) is 68.2 cm³/mol. The first kappa shape index (κ1) is 11.7. The van der Waals surface area contributed by atoms with E-state index < -0.39 is 0 Å². The van der Waals surface area contributed by atoms with Crippen LogP contribution in [0.5, 0.6) is 0 Å². The third kappa shape index (κ3) is 2.66. The summed E-state index contributed by atoms with van der Waals surface area (Å²) in [5.74, 6) is -0.326. The Kier molecular flexibility index (Phi) is 3.45. The topological polar surface area (TPSA) is 26.3 Å². The zero-order valence-electron chi connectivity index (χ0n) is 9.31. The second kappa shape index (κ2) is 5.02. The van der Waals surface area contributed by atoms with Gasteiger partial charge in [-0.1, -0.05) is 35.9 Å². The van der Waals surface area contributed by atoms with Crippen LogP contribution in [0.1, 0.15) is 10.4 Å². The van der Waals surface area contributed by atoms with Gasteiger partial charge in [0.05, 0.1) is 12.7 Å². The molecule has 2 nitrogen and oxygen atoms in total. The fourth-order valence-corrected chi connectivity index (χ4v) is 1.68. The van der Waals surface area contributed by atoms with Crippen molar-refractivity contribution in [2.45, 2.75) is 0 Å². The smallest absolute Gasteiger partial charge is 0.337 e. The van der Waals surface area contributed by atoms with Gasteiger partial charge in [0, 0.05) is 5.02 Å². The summed E-state index contributed by atoms with van der Waals surface area (Å²) in [7, 11) is 1.37. The van der Waals surface area contributed by atoms with Crippen molar-refractivity contribution in [3.8, 4) is 11.1 Å². The predicted octanol–water partition coefficient (Wildman–Crippen LogP) is 3.79. The largest absolute Gasteiger partial charge is 0.465 e. The lowest BCUT2D eigenvalue weighted by atomic mass is 10.0. The molecule has 0 fully saturated rings. The summed E-state index contributed by atoms with van der Waals surface area (Å²) < 4.78 is 4.64. The van der Waals surface area contributed by atoms with Crippen molar-refractivity contribution in [1.82, 2.24) is 0 Å². The van der Waals surface area contributed by atoms with Crippen LogP contribution < -0.4 is 0 Å². The molecule has 0 unspecified atom stereocenters. The van der Waals surface area contributed by atoms with Gasteiger partial charge in [-0.25, -0.2) is 4.79 Å². The molecular formula is C14H11ClO2. The third-order valence-corrected chi connectivity index (χ3v) is 2.74. The Morgan fingerprint density at radius 2 is 1.41 bits per heavy atom. The van der Waals surface area contributed by atoms with Gasteiger partial charge in [0.25, 0.3) is 0 Å². The van der Waals surface area contributed by atoms with Crippen LogP contribution in [0.25, 0.3) is 11.1 Å². The van der Waals surface area contributed by atoms with E-state index in [1.165, 1.54) is 7.11 Å². The van der Waals surface area contributed by atoms with E-state index in [1.807, 2.05) is 36.4 Å². The van der Waals surface area contributed by atoms with Crippen LogP contribution in [0.3, 0.4) is 0 Å². The molecule has 86 valence electrons. The molecule has 0 saturated heterocycles. The molecule has 3 heteroatoms. The van der Waals surface area contributed by atoms with E-state index >= 15 is 0 Å². The molecule has 0 amide bonds. The number of carbonyl (C=O) groups is 1. The summed E-state index contributed by atoms with van der Waals surface area (Å²) in [5, 5.41) is 0.708. The van der Waals surface area contributed by atoms with Crippen molar-refractivity contribution in [2.75, 3.05) is 7.11 Å². The highest BCUT2D eigenvalue weighted by atomic mass is 35.5. The number of carbonyl (C=O) groups excluding carboxylic acids is 1. The Bertz CT molecular complexity index is 515. The molecule has 17 heavy (non-hydrogen) atoms. The summed E-state index contributed by atoms with van der Waals surface area (Å²) in [6, 6.07) is 14.8. The van der Waals surface area contributed by atoms with Crippen LogP contribution in [0, 0.1) is 0 Å². The van der Waals surface area contributed by atoms with Crippen LogP contribution >= 0.6 is 11.6 Å². The van der Waals surface area contributed by atoms with Gasteiger partial charge in [-0.2, -0.15) is 0 Å². The number of hydrogen-bond donors (Lipinski definition) is 0. The lowest BCUT2D eigenvalue weighted by Crippen LogP contribution is -2.00. The number of benzene rings is 2. The van der Waals surface area contributed by atoms with Crippen molar-refractivity contribution < 1.29 is 9.53 Å². The second-order valence-electron chi connectivity index (χ2n) is 3.58. The molecule has 2 aromatic carbocycles. The number of esters is 1. The quantitative estimate of drug-likeness (QED) is 0.754. The van der Waals surface area contributed by atoms with Gasteiger partial charge in [0.15, 0.2) is 0 Å². The molecular weight excluding hydrogens is 236 g/mol. The number of halogens is 1. The molecule has 0 aromatic heterocycles. The fraction of sp³-hybridized carbons (Fsp3) is 0.0714. The molecule has 2 aromatic rings. The van der Waals surface area contributed by atoms with Gasteiger partial charge >= 0.3 is 5.97 Å². The fourth-order valence-electron chi connectivity index (χ4n) is 1.56. The highest BCUT2D eigenvalue weighted by molar-refractivity contribution is 6.30. The SMILES string of the molecule is COC(=O)c1ccc(-c2ccc(Cl)cc2)cc1. The summed E-state index contributed by atoms with van der Waals surface area (Å²) >= 11 is 5.82. The van der Waals surface area contributed by atoms with E-state index in [4.69, 9.17) is 11.6 Å². The molecule has 0 saturated carbocycles. The van der Waals surface area contributed by atoms with Crippen molar-refractivity contribution in [3.63, 3.8) is 0 Å². The maximum atomic E-state index is 11.3. The van der Waals surface area contributed by atoms with Gasteiger partial charge in [-0.3, -0.25) is 0 Å². The number of ether oxygens (including phenoxy) is 1. The van der Waals surface area contributed by atoms with Crippen LogP contribution in [-0.2, 0) is 4.74 Å². The van der Waals surface area contributed by atoms with E-state index in [2.05, 4.69) is 4.74 Å². The summed E-state index contributed by atoms with van der Waals surface area (Å²) in [6.07, 6.45) is 0. The lowest BCUT2D eigenvalue weighted by molar-refractivity contribution is 0.0601.